The molecule has 0 heterocycles. The molecule has 5 nitrogen and oxygen atoms in total. The number of halogens is 1. The van der Waals surface area contributed by atoms with Gasteiger partial charge in [-0.1, -0.05) is 31.9 Å². The van der Waals surface area contributed by atoms with Gasteiger partial charge in [0.25, 0.3) is 5.91 Å². The number of amides is 2. The number of carbonyl (C=O) groups excluding carboxylic acids is 2. The fraction of sp³-hybridized carbons (Fsp3) is 0.250. The van der Waals surface area contributed by atoms with Crippen LogP contribution >= 0.6 is 11.6 Å². The maximum atomic E-state index is 12.7. The molecule has 2 N–H and O–H groups in total. The van der Waals surface area contributed by atoms with Crippen LogP contribution < -0.4 is 10.6 Å². The highest BCUT2D eigenvalue weighted by Crippen LogP contribution is 2.15. The zero-order valence-electron chi connectivity index (χ0n) is 14.6. The third-order valence-electron chi connectivity index (χ3n) is 4.17. The van der Waals surface area contributed by atoms with Gasteiger partial charge in [0.05, 0.1) is 11.6 Å². The Bertz CT molecular complexity index is 810. The highest BCUT2D eigenvalue weighted by molar-refractivity contribution is 6.30. The van der Waals surface area contributed by atoms with Gasteiger partial charge in [0, 0.05) is 16.3 Å². The number of anilines is 1. The number of benzene rings is 2. The second-order valence-electron chi connectivity index (χ2n) is 6.02. The summed E-state index contributed by atoms with van der Waals surface area (Å²) in [6.45, 7) is 3.87. The highest BCUT2D eigenvalue weighted by Gasteiger charge is 2.26. The molecular formula is C20H20ClN3O2. The van der Waals surface area contributed by atoms with Gasteiger partial charge in [0.1, 0.15) is 6.04 Å². The lowest BCUT2D eigenvalue weighted by molar-refractivity contribution is -0.119. The molecule has 6 heteroatoms. The Morgan fingerprint density at radius 3 is 2.27 bits per heavy atom. The largest absolute Gasteiger partial charge is 0.340 e. The Labute approximate surface area is 158 Å². The lowest BCUT2D eigenvalue weighted by Crippen LogP contribution is -2.47. The molecule has 0 fully saturated rings. The summed E-state index contributed by atoms with van der Waals surface area (Å²) >= 11 is 5.84. The third kappa shape index (κ3) is 5.08. The second-order valence-corrected chi connectivity index (χ2v) is 6.46. The molecule has 2 aromatic rings. The second kappa shape index (κ2) is 9.02. The summed E-state index contributed by atoms with van der Waals surface area (Å²) in [4.78, 5) is 25.1. The van der Waals surface area contributed by atoms with E-state index in [0.717, 1.165) is 6.42 Å². The van der Waals surface area contributed by atoms with Crippen LogP contribution in [0.1, 0.15) is 36.2 Å². The number of carbonyl (C=O) groups is 2. The van der Waals surface area contributed by atoms with Crippen LogP contribution in [0.2, 0.25) is 5.02 Å². The van der Waals surface area contributed by atoms with E-state index < -0.39 is 6.04 Å². The first-order valence-electron chi connectivity index (χ1n) is 8.32. The van der Waals surface area contributed by atoms with Crippen molar-refractivity contribution in [3.05, 3.63) is 64.7 Å². The van der Waals surface area contributed by atoms with Crippen molar-refractivity contribution in [3.63, 3.8) is 0 Å². The number of nitriles is 1. The molecule has 0 aliphatic heterocycles. The maximum Gasteiger partial charge on any atom is 0.251 e. The monoisotopic (exact) mass is 369 g/mol. The number of rotatable bonds is 6. The smallest absolute Gasteiger partial charge is 0.251 e. The van der Waals surface area contributed by atoms with Crippen molar-refractivity contribution in [3.8, 4) is 6.07 Å². The summed E-state index contributed by atoms with van der Waals surface area (Å²) in [5.41, 5.74) is 1.52. The molecule has 134 valence electrons. The molecule has 2 atom stereocenters. The number of nitrogens with one attached hydrogen (secondary N) is 2. The minimum atomic E-state index is -0.682. The van der Waals surface area contributed by atoms with Crippen molar-refractivity contribution in [2.75, 3.05) is 5.32 Å². The van der Waals surface area contributed by atoms with E-state index in [9.17, 15) is 9.59 Å². The standard InChI is InChI=1S/C20H20ClN3O2/c1-3-13(2)18(24-19(25)15-6-8-16(21)9-7-15)20(26)23-17-10-4-14(12-22)5-11-17/h4-11,13,18H,3H2,1-2H3,(H,23,26)(H,24,25)/t13-,18+/m0/s1. The summed E-state index contributed by atoms with van der Waals surface area (Å²) in [7, 11) is 0. The average molecular weight is 370 g/mol. The zero-order chi connectivity index (χ0) is 19.1. The summed E-state index contributed by atoms with van der Waals surface area (Å²) < 4.78 is 0. The SMILES string of the molecule is CC[C@H](C)[C@@H](NC(=O)c1ccc(Cl)cc1)C(=O)Nc1ccc(C#N)cc1. The summed E-state index contributed by atoms with van der Waals surface area (Å²) in [5, 5.41) is 15.0. The van der Waals surface area contributed by atoms with Crippen molar-refractivity contribution < 1.29 is 9.59 Å². The molecule has 0 aliphatic carbocycles. The van der Waals surface area contributed by atoms with Gasteiger partial charge in [-0.05, 0) is 54.4 Å². The van der Waals surface area contributed by atoms with Crippen LogP contribution in [0.4, 0.5) is 5.69 Å². The Kier molecular flexibility index (Phi) is 6.76. The van der Waals surface area contributed by atoms with Crippen LogP contribution in [0.3, 0.4) is 0 Å². The summed E-state index contributed by atoms with van der Waals surface area (Å²) in [6, 6.07) is 14.4. The summed E-state index contributed by atoms with van der Waals surface area (Å²) in [5.74, 6) is -0.682. The predicted octanol–water partition coefficient (Wildman–Crippen LogP) is 3.99. The molecule has 0 aliphatic rings. The van der Waals surface area contributed by atoms with Gasteiger partial charge in [0.2, 0.25) is 5.91 Å². The predicted molar refractivity (Wildman–Crippen MR) is 102 cm³/mol. The Morgan fingerprint density at radius 2 is 1.73 bits per heavy atom. The van der Waals surface area contributed by atoms with Crippen LogP contribution in [0.15, 0.2) is 48.5 Å². The molecule has 2 aromatic carbocycles. The van der Waals surface area contributed by atoms with Gasteiger partial charge in [-0.25, -0.2) is 0 Å². The maximum absolute atomic E-state index is 12.7. The molecular weight excluding hydrogens is 350 g/mol. The van der Waals surface area contributed by atoms with Gasteiger partial charge >= 0.3 is 0 Å². The van der Waals surface area contributed by atoms with E-state index in [1.54, 1.807) is 48.5 Å². The van der Waals surface area contributed by atoms with Crippen molar-refractivity contribution in [2.45, 2.75) is 26.3 Å². The molecule has 0 saturated carbocycles. The van der Waals surface area contributed by atoms with Gasteiger partial charge in [-0.3, -0.25) is 9.59 Å². The van der Waals surface area contributed by atoms with Crippen LogP contribution in [0.5, 0.6) is 0 Å². The van der Waals surface area contributed by atoms with E-state index in [4.69, 9.17) is 16.9 Å². The highest BCUT2D eigenvalue weighted by atomic mass is 35.5. The van der Waals surface area contributed by atoms with Crippen LogP contribution in [-0.2, 0) is 4.79 Å². The van der Waals surface area contributed by atoms with Gasteiger partial charge in [-0.2, -0.15) is 5.26 Å². The van der Waals surface area contributed by atoms with E-state index in [1.807, 2.05) is 19.9 Å². The lowest BCUT2D eigenvalue weighted by Gasteiger charge is -2.23. The molecule has 0 saturated heterocycles. The van der Waals surface area contributed by atoms with E-state index in [0.29, 0.717) is 21.8 Å². The quantitative estimate of drug-likeness (QED) is 0.807. The number of hydrogen-bond donors (Lipinski definition) is 2. The molecule has 0 radical (unpaired) electrons. The van der Waals surface area contributed by atoms with E-state index in [1.165, 1.54) is 0 Å². The first-order chi connectivity index (χ1) is 12.4. The van der Waals surface area contributed by atoms with Crippen LogP contribution in [-0.4, -0.2) is 17.9 Å². The first kappa shape index (κ1) is 19.5. The van der Waals surface area contributed by atoms with Crippen molar-refractivity contribution in [1.82, 2.24) is 5.32 Å². The minimum absolute atomic E-state index is 0.0513. The Balaban J connectivity index is 2.12. The zero-order valence-corrected chi connectivity index (χ0v) is 15.4. The van der Waals surface area contributed by atoms with Crippen molar-refractivity contribution in [1.29, 1.82) is 5.26 Å². The van der Waals surface area contributed by atoms with Crippen molar-refractivity contribution in [2.24, 2.45) is 5.92 Å². The normalized spacial score (nSPS) is 12.5. The van der Waals surface area contributed by atoms with Crippen molar-refractivity contribution >= 4 is 29.1 Å². The Morgan fingerprint density at radius 1 is 1.12 bits per heavy atom. The van der Waals surface area contributed by atoms with Gasteiger partial charge in [-0.15, -0.1) is 0 Å². The minimum Gasteiger partial charge on any atom is -0.340 e. The number of hydrogen-bond acceptors (Lipinski definition) is 3. The van der Waals surface area contributed by atoms with E-state index in [2.05, 4.69) is 10.6 Å². The fourth-order valence-electron chi connectivity index (χ4n) is 2.38. The van der Waals surface area contributed by atoms with E-state index in [-0.39, 0.29) is 17.7 Å². The topological polar surface area (TPSA) is 82.0 Å². The molecule has 26 heavy (non-hydrogen) atoms. The third-order valence-corrected chi connectivity index (χ3v) is 4.42. The van der Waals surface area contributed by atoms with Gasteiger partial charge in [0.15, 0.2) is 0 Å². The average Bonchev–Trinajstić information content (AvgIpc) is 2.66. The van der Waals surface area contributed by atoms with Gasteiger partial charge < -0.3 is 10.6 Å². The molecule has 2 amide bonds. The number of nitrogens with zero attached hydrogens (tertiary/aromatic N) is 1. The lowest BCUT2D eigenvalue weighted by atomic mass is 9.97. The molecule has 0 spiro atoms. The molecule has 2 rings (SSSR count). The van der Waals surface area contributed by atoms with Crippen LogP contribution in [0, 0.1) is 17.2 Å². The molecule has 0 unspecified atom stereocenters. The Hall–Kier alpha value is -2.84. The van der Waals surface area contributed by atoms with Crippen LogP contribution in [0.25, 0.3) is 0 Å². The summed E-state index contributed by atoms with van der Waals surface area (Å²) in [6.07, 6.45) is 0.729. The molecule has 0 aromatic heterocycles. The molecule has 0 bridgehead atoms. The van der Waals surface area contributed by atoms with E-state index >= 15 is 0 Å². The first-order valence-corrected chi connectivity index (χ1v) is 8.69. The fourth-order valence-corrected chi connectivity index (χ4v) is 2.50.